The van der Waals surface area contributed by atoms with Crippen LogP contribution in [0.1, 0.15) is 44.1 Å². The Bertz CT molecular complexity index is 930. The lowest BCUT2D eigenvalue weighted by Gasteiger charge is -2.40. The Labute approximate surface area is 166 Å². The van der Waals surface area contributed by atoms with Crippen LogP contribution in [0.2, 0.25) is 0 Å². The summed E-state index contributed by atoms with van der Waals surface area (Å²) < 4.78 is 27.1. The van der Waals surface area contributed by atoms with E-state index >= 15 is 0 Å². The quantitative estimate of drug-likeness (QED) is 0.830. The summed E-state index contributed by atoms with van der Waals surface area (Å²) in [4.78, 5) is 13.3. The summed E-state index contributed by atoms with van der Waals surface area (Å²) in [6, 6.07) is 16.4. The molecule has 1 saturated carbocycles. The zero-order chi connectivity index (χ0) is 19.6. The SMILES string of the molecule is O=C(Nc1ccc(S(=O)(=O)N2CCCCC2)cc1)C1(c2ccccc2)CCC1. The number of piperidine rings is 1. The predicted molar refractivity (Wildman–Crippen MR) is 110 cm³/mol. The molecule has 2 aromatic carbocycles. The van der Waals surface area contributed by atoms with Gasteiger partial charge in [0.2, 0.25) is 15.9 Å². The number of sulfonamides is 1. The van der Waals surface area contributed by atoms with Crippen molar-refractivity contribution in [3.8, 4) is 0 Å². The lowest BCUT2D eigenvalue weighted by atomic mass is 9.64. The van der Waals surface area contributed by atoms with Crippen LogP contribution in [0.15, 0.2) is 59.5 Å². The van der Waals surface area contributed by atoms with Crippen molar-refractivity contribution in [2.24, 2.45) is 0 Å². The molecule has 0 spiro atoms. The van der Waals surface area contributed by atoms with E-state index in [1.165, 1.54) is 0 Å². The van der Waals surface area contributed by atoms with Gasteiger partial charge in [-0.25, -0.2) is 8.42 Å². The molecule has 0 atom stereocenters. The average molecular weight is 399 g/mol. The molecule has 28 heavy (non-hydrogen) atoms. The Kier molecular flexibility index (Phi) is 5.25. The predicted octanol–water partition coefficient (Wildman–Crippen LogP) is 3.92. The highest BCUT2D eigenvalue weighted by Gasteiger charge is 2.45. The fourth-order valence-electron chi connectivity index (χ4n) is 4.15. The summed E-state index contributed by atoms with van der Waals surface area (Å²) in [7, 11) is -3.45. The smallest absolute Gasteiger partial charge is 0.243 e. The Balaban J connectivity index is 1.49. The summed E-state index contributed by atoms with van der Waals surface area (Å²) in [6.07, 6.45) is 5.62. The van der Waals surface area contributed by atoms with Gasteiger partial charge in [-0.15, -0.1) is 0 Å². The molecule has 1 N–H and O–H groups in total. The molecule has 1 aliphatic heterocycles. The lowest BCUT2D eigenvalue weighted by molar-refractivity contribution is -0.124. The maximum Gasteiger partial charge on any atom is 0.243 e. The van der Waals surface area contributed by atoms with Gasteiger partial charge in [0.1, 0.15) is 0 Å². The molecule has 4 rings (SSSR count). The average Bonchev–Trinajstić information content (AvgIpc) is 2.69. The van der Waals surface area contributed by atoms with Crippen LogP contribution in [-0.4, -0.2) is 31.7 Å². The fraction of sp³-hybridized carbons (Fsp3) is 0.409. The third-order valence-corrected chi connectivity index (χ3v) is 7.95. The second-order valence-electron chi connectivity index (χ2n) is 7.74. The number of hydrogen-bond acceptors (Lipinski definition) is 3. The third kappa shape index (κ3) is 3.47. The molecule has 1 aliphatic carbocycles. The van der Waals surface area contributed by atoms with Crippen molar-refractivity contribution in [2.45, 2.75) is 48.8 Å². The fourth-order valence-corrected chi connectivity index (χ4v) is 5.67. The van der Waals surface area contributed by atoms with Gasteiger partial charge in [0, 0.05) is 18.8 Å². The molecule has 2 aromatic rings. The van der Waals surface area contributed by atoms with Crippen molar-refractivity contribution < 1.29 is 13.2 Å². The van der Waals surface area contributed by atoms with Crippen LogP contribution >= 0.6 is 0 Å². The molecule has 0 aromatic heterocycles. The first-order valence-corrected chi connectivity index (χ1v) is 11.4. The molecule has 6 heteroatoms. The van der Waals surface area contributed by atoms with Crippen LogP contribution in [0.4, 0.5) is 5.69 Å². The van der Waals surface area contributed by atoms with Gasteiger partial charge in [0.15, 0.2) is 0 Å². The molecule has 5 nitrogen and oxygen atoms in total. The van der Waals surface area contributed by atoms with E-state index in [9.17, 15) is 13.2 Å². The first kappa shape index (κ1) is 19.2. The second-order valence-corrected chi connectivity index (χ2v) is 9.68. The molecule has 148 valence electrons. The maximum atomic E-state index is 13.0. The minimum Gasteiger partial charge on any atom is -0.325 e. The van der Waals surface area contributed by atoms with Crippen LogP contribution in [0.3, 0.4) is 0 Å². The topological polar surface area (TPSA) is 66.5 Å². The van der Waals surface area contributed by atoms with Crippen molar-refractivity contribution in [3.05, 3.63) is 60.2 Å². The van der Waals surface area contributed by atoms with Gasteiger partial charge in [-0.05, 0) is 55.5 Å². The molecule has 0 radical (unpaired) electrons. The van der Waals surface area contributed by atoms with E-state index in [-0.39, 0.29) is 10.8 Å². The highest BCUT2D eigenvalue weighted by atomic mass is 32.2. The van der Waals surface area contributed by atoms with Crippen LogP contribution in [-0.2, 0) is 20.2 Å². The van der Waals surface area contributed by atoms with Crippen molar-refractivity contribution in [1.82, 2.24) is 4.31 Å². The summed E-state index contributed by atoms with van der Waals surface area (Å²) in [6.45, 7) is 1.17. The van der Waals surface area contributed by atoms with Gasteiger partial charge in [0.05, 0.1) is 10.3 Å². The first-order chi connectivity index (χ1) is 13.5. The standard InChI is InChI=1S/C22H26N2O3S/c25-21(22(14-7-15-22)18-8-3-1-4-9-18)23-19-10-12-20(13-11-19)28(26,27)24-16-5-2-6-17-24/h1,3-4,8-13H,2,5-7,14-17H2,(H,23,25). The number of nitrogens with one attached hydrogen (secondary N) is 1. The highest BCUT2D eigenvalue weighted by molar-refractivity contribution is 7.89. The van der Waals surface area contributed by atoms with Crippen LogP contribution in [0.25, 0.3) is 0 Å². The Hall–Kier alpha value is -2.18. The van der Waals surface area contributed by atoms with E-state index in [1.54, 1.807) is 28.6 Å². The van der Waals surface area contributed by atoms with Crippen LogP contribution in [0.5, 0.6) is 0 Å². The number of amides is 1. The molecule has 1 amide bonds. The summed E-state index contributed by atoms with van der Waals surface area (Å²) in [5.41, 5.74) is 1.20. The number of carbonyl (C=O) groups is 1. The van der Waals surface area contributed by atoms with Crippen molar-refractivity contribution in [2.75, 3.05) is 18.4 Å². The summed E-state index contributed by atoms with van der Waals surface area (Å²) in [5.74, 6) is -0.0170. The minimum atomic E-state index is -3.45. The van der Waals surface area contributed by atoms with Gasteiger partial charge in [-0.1, -0.05) is 43.2 Å². The Morgan fingerprint density at radius 1 is 0.857 bits per heavy atom. The molecular weight excluding hydrogens is 372 g/mol. The minimum absolute atomic E-state index is 0.0170. The zero-order valence-electron chi connectivity index (χ0n) is 15.9. The largest absolute Gasteiger partial charge is 0.325 e. The van der Waals surface area contributed by atoms with E-state index in [4.69, 9.17) is 0 Å². The maximum absolute atomic E-state index is 13.0. The Morgan fingerprint density at radius 2 is 1.50 bits per heavy atom. The molecule has 2 aliphatic rings. The van der Waals surface area contributed by atoms with Crippen LogP contribution < -0.4 is 5.32 Å². The third-order valence-electron chi connectivity index (χ3n) is 6.03. The number of hydrogen-bond donors (Lipinski definition) is 1. The monoisotopic (exact) mass is 398 g/mol. The van der Waals surface area contributed by atoms with Gasteiger partial charge in [-0.2, -0.15) is 4.31 Å². The van der Waals surface area contributed by atoms with E-state index in [1.807, 2.05) is 30.3 Å². The van der Waals surface area contributed by atoms with Gasteiger partial charge in [-0.3, -0.25) is 4.79 Å². The highest BCUT2D eigenvalue weighted by Crippen LogP contribution is 2.44. The molecular formula is C22H26N2O3S. The molecule has 0 bridgehead atoms. The normalized spacial score (nSPS) is 19.6. The molecule has 1 saturated heterocycles. The van der Waals surface area contributed by atoms with Crippen molar-refractivity contribution in [1.29, 1.82) is 0 Å². The summed E-state index contributed by atoms with van der Waals surface area (Å²) >= 11 is 0. The number of carbonyl (C=O) groups excluding carboxylic acids is 1. The van der Waals surface area contributed by atoms with Gasteiger partial charge < -0.3 is 5.32 Å². The zero-order valence-corrected chi connectivity index (χ0v) is 16.7. The van der Waals surface area contributed by atoms with E-state index in [0.29, 0.717) is 18.8 Å². The molecule has 0 unspecified atom stereocenters. The number of anilines is 1. The van der Waals surface area contributed by atoms with Crippen molar-refractivity contribution >= 4 is 21.6 Å². The second kappa shape index (κ2) is 7.68. The van der Waals surface area contributed by atoms with Crippen molar-refractivity contribution in [3.63, 3.8) is 0 Å². The van der Waals surface area contributed by atoms with E-state index in [0.717, 1.165) is 44.1 Å². The lowest BCUT2D eigenvalue weighted by Crippen LogP contribution is -2.45. The Morgan fingerprint density at radius 3 is 2.07 bits per heavy atom. The van der Waals surface area contributed by atoms with E-state index < -0.39 is 15.4 Å². The van der Waals surface area contributed by atoms with E-state index in [2.05, 4.69) is 5.32 Å². The van der Waals surface area contributed by atoms with Crippen LogP contribution in [0, 0.1) is 0 Å². The number of benzene rings is 2. The summed E-state index contributed by atoms with van der Waals surface area (Å²) in [5, 5.41) is 2.99. The molecule has 2 fully saturated rings. The molecule has 1 heterocycles. The van der Waals surface area contributed by atoms with Gasteiger partial charge >= 0.3 is 0 Å². The first-order valence-electron chi connectivity index (χ1n) is 10.00. The van der Waals surface area contributed by atoms with Gasteiger partial charge in [0.25, 0.3) is 0 Å². The number of nitrogens with zero attached hydrogens (tertiary/aromatic N) is 1. The number of rotatable bonds is 5.